The van der Waals surface area contributed by atoms with Crippen LogP contribution in [0.1, 0.15) is 120 Å². The molecule has 0 aromatic carbocycles. The van der Waals surface area contributed by atoms with Gasteiger partial charge in [-0.25, -0.2) is 0 Å². The highest BCUT2D eigenvalue weighted by molar-refractivity contribution is 5.19. The van der Waals surface area contributed by atoms with Crippen LogP contribution in [0.15, 0.2) is 0 Å². The van der Waals surface area contributed by atoms with Crippen molar-refractivity contribution in [1.82, 2.24) is 0 Å². The first-order chi connectivity index (χ1) is 15.4. The summed E-state index contributed by atoms with van der Waals surface area (Å²) >= 11 is 0. The van der Waals surface area contributed by atoms with E-state index in [1.165, 1.54) is 0 Å². The number of aliphatic hydroxyl groups excluding tert-OH is 2. The molecule has 0 heterocycles. The highest BCUT2D eigenvalue weighted by atomic mass is 16.3. The Morgan fingerprint density at radius 3 is 2.00 bits per heavy atom. The molecule has 4 fully saturated rings. The number of hydrogen-bond acceptors (Lipinski definition) is 4. The molecule has 0 spiro atoms. The third-order valence-corrected chi connectivity index (χ3v) is 12.6. The maximum absolute atomic E-state index is 11.8. The monoisotopic (exact) mass is 478 g/mol. The minimum absolute atomic E-state index is 0.00836. The summed E-state index contributed by atoms with van der Waals surface area (Å²) in [4.78, 5) is 0. The van der Waals surface area contributed by atoms with E-state index in [1.807, 2.05) is 20.8 Å². The summed E-state index contributed by atoms with van der Waals surface area (Å²) < 4.78 is 0. The average molecular weight is 479 g/mol. The van der Waals surface area contributed by atoms with Gasteiger partial charge in [0.05, 0.1) is 23.4 Å². The molecule has 0 saturated heterocycles. The molecule has 4 nitrogen and oxygen atoms in total. The highest BCUT2D eigenvalue weighted by Crippen LogP contribution is 2.75. The van der Waals surface area contributed by atoms with Gasteiger partial charge in [-0.15, -0.1) is 0 Å². The number of rotatable bonds is 5. The van der Waals surface area contributed by atoms with E-state index in [1.54, 1.807) is 0 Å². The normalized spacial score (nSPS) is 50.1. The third kappa shape index (κ3) is 3.84. The molecule has 4 N–H and O–H groups in total. The van der Waals surface area contributed by atoms with Crippen LogP contribution >= 0.6 is 0 Å². The van der Waals surface area contributed by atoms with Crippen LogP contribution in [0.3, 0.4) is 0 Å². The van der Waals surface area contributed by atoms with Crippen molar-refractivity contribution in [3.8, 4) is 0 Å². The average Bonchev–Trinajstić information content (AvgIpc) is 3.07. The van der Waals surface area contributed by atoms with Crippen LogP contribution in [-0.4, -0.2) is 43.8 Å². The van der Waals surface area contributed by atoms with Gasteiger partial charge in [-0.2, -0.15) is 0 Å². The third-order valence-electron chi connectivity index (χ3n) is 12.6. The number of fused-ring (bicyclic) bond motifs is 5. The topological polar surface area (TPSA) is 80.9 Å². The Balaban J connectivity index is 1.62. The fourth-order valence-corrected chi connectivity index (χ4v) is 10.5. The fourth-order valence-electron chi connectivity index (χ4n) is 10.5. The van der Waals surface area contributed by atoms with Crippen molar-refractivity contribution in [2.45, 2.75) is 143 Å². The van der Waals surface area contributed by atoms with Gasteiger partial charge in [-0.3, -0.25) is 0 Å². The minimum atomic E-state index is -0.824. The van der Waals surface area contributed by atoms with Gasteiger partial charge in [0.2, 0.25) is 0 Å². The zero-order valence-corrected chi connectivity index (χ0v) is 23.3. The molecule has 34 heavy (non-hydrogen) atoms. The molecule has 0 amide bonds. The van der Waals surface area contributed by atoms with Crippen molar-refractivity contribution in [3.05, 3.63) is 0 Å². The number of hydrogen-bond donors (Lipinski definition) is 4. The van der Waals surface area contributed by atoms with E-state index in [9.17, 15) is 20.4 Å². The zero-order valence-electron chi connectivity index (χ0n) is 23.3. The lowest BCUT2D eigenvalue weighted by Crippen LogP contribution is -2.66. The lowest BCUT2D eigenvalue weighted by Gasteiger charge is -2.70. The Kier molecular flexibility index (Phi) is 6.46. The van der Waals surface area contributed by atoms with Crippen molar-refractivity contribution in [2.24, 2.45) is 45.3 Å². The van der Waals surface area contributed by atoms with E-state index in [2.05, 4.69) is 34.6 Å². The molecule has 10 atom stereocenters. The SMILES string of the molecule is CC(C)(O)CCC[C@@](C)(O)C1CC[C@@]2(C)C1C(O)CC1[C@@]3(C)CCC(O)C(C)(C)C3CC[C@]12C. The van der Waals surface area contributed by atoms with Gasteiger partial charge in [0.15, 0.2) is 0 Å². The zero-order chi connectivity index (χ0) is 25.5. The molecule has 0 aliphatic heterocycles. The summed E-state index contributed by atoms with van der Waals surface area (Å²) in [5, 5.41) is 44.5. The Labute approximate surface area is 208 Å². The Bertz CT molecular complexity index is 768. The van der Waals surface area contributed by atoms with Gasteiger partial charge in [-0.1, -0.05) is 34.6 Å². The van der Waals surface area contributed by atoms with E-state index in [0.717, 1.165) is 51.4 Å². The summed E-state index contributed by atoms with van der Waals surface area (Å²) in [5.41, 5.74) is -1.33. The van der Waals surface area contributed by atoms with Crippen molar-refractivity contribution >= 4 is 0 Å². The van der Waals surface area contributed by atoms with Gasteiger partial charge in [0.1, 0.15) is 0 Å². The van der Waals surface area contributed by atoms with Crippen LogP contribution in [0.25, 0.3) is 0 Å². The molecule has 0 radical (unpaired) electrons. The van der Waals surface area contributed by atoms with Gasteiger partial charge >= 0.3 is 0 Å². The quantitative estimate of drug-likeness (QED) is 0.409. The van der Waals surface area contributed by atoms with Crippen molar-refractivity contribution < 1.29 is 20.4 Å². The summed E-state index contributed by atoms with van der Waals surface area (Å²) in [7, 11) is 0. The summed E-state index contributed by atoms with van der Waals surface area (Å²) in [6, 6.07) is 0. The lowest BCUT2D eigenvalue weighted by molar-refractivity contribution is -0.246. The van der Waals surface area contributed by atoms with Gasteiger partial charge in [-0.05, 0) is 130 Å². The molecule has 0 bridgehead atoms. The van der Waals surface area contributed by atoms with E-state index in [0.29, 0.717) is 24.7 Å². The van der Waals surface area contributed by atoms with Crippen molar-refractivity contribution in [2.75, 3.05) is 0 Å². The van der Waals surface area contributed by atoms with Crippen LogP contribution in [0.5, 0.6) is 0 Å². The second-order valence-corrected chi connectivity index (χ2v) is 15.4. The predicted octanol–water partition coefficient (Wildman–Crippen LogP) is 5.70. The first-order valence-corrected chi connectivity index (χ1v) is 14.2. The molecule has 4 saturated carbocycles. The van der Waals surface area contributed by atoms with Gasteiger partial charge in [0, 0.05) is 0 Å². The van der Waals surface area contributed by atoms with Crippen LogP contribution < -0.4 is 0 Å². The van der Waals surface area contributed by atoms with Crippen LogP contribution in [0.4, 0.5) is 0 Å². The molecule has 6 unspecified atom stereocenters. The second-order valence-electron chi connectivity index (χ2n) is 15.4. The molecule has 198 valence electrons. The Morgan fingerprint density at radius 1 is 0.765 bits per heavy atom. The van der Waals surface area contributed by atoms with Gasteiger partial charge < -0.3 is 20.4 Å². The van der Waals surface area contributed by atoms with Crippen LogP contribution in [0, 0.1) is 45.3 Å². The molecular formula is C30H54O4. The van der Waals surface area contributed by atoms with E-state index in [-0.39, 0.29) is 45.7 Å². The van der Waals surface area contributed by atoms with Gasteiger partial charge in [0.25, 0.3) is 0 Å². The molecule has 4 heteroatoms. The smallest absolute Gasteiger partial charge is 0.0651 e. The Morgan fingerprint density at radius 2 is 1.38 bits per heavy atom. The summed E-state index contributed by atoms with van der Waals surface area (Å²) in [5.74, 6) is 1.15. The maximum Gasteiger partial charge on any atom is 0.0651 e. The molecule has 4 rings (SSSR count). The largest absolute Gasteiger partial charge is 0.393 e. The molecule has 0 aromatic rings. The first kappa shape index (κ1) is 26.9. The number of aliphatic hydroxyl groups is 4. The minimum Gasteiger partial charge on any atom is -0.393 e. The predicted molar refractivity (Wildman–Crippen MR) is 137 cm³/mol. The Hall–Kier alpha value is -0.160. The summed E-state index contributed by atoms with van der Waals surface area (Å²) in [6.07, 6.45) is 8.62. The fraction of sp³-hybridized carbons (Fsp3) is 1.00. The molecule has 4 aliphatic carbocycles. The standard InChI is InChI=1S/C30H54O4/c1-25(2,33)13-9-14-30(8,34)19-10-16-29(7)24(19)20(31)18-22-27(5)15-12-23(32)26(3,4)21(27)11-17-28(22,29)6/h19-24,31-34H,9-18H2,1-8H3/t19?,20?,21?,22?,23?,24?,27-,28+,29-,30+/m0/s1. The van der Waals surface area contributed by atoms with Crippen LogP contribution in [0.2, 0.25) is 0 Å². The molecule has 0 aromatic heterocycles. The lowest BCUT2D eigenvalue weighted by atomic mass is 9.35. The molecule has 4 aliphatic rings. The van der Waals surface area contributed by atoms with Crippen molar-refractivity contribution in [3.63, 3.8) is 0 Å². The van der Waals surface area contributed by atoms with E-state index < -0.39 is 11.2 Å². The summed E-state index contributed by atoms with van der Waals surface area (Å²) in [6.45, 7) is 17.6. The van der Waals surface area contributed by atoms with Crippen molar-refractivity contribution in [1.29, 1.82) is 0 Å². The highest BCUT2D eigenvalue weighted by Gasteiger charge is 2.71. The van der Waals surface area contributed by atoms with Crippen LogP contribution in [-0.2, 0) is 0 Å². The van der Waals surface area contributed by atoms with E-state index in [4.69, 9.17) is 0 Å². The van der Waals surface area contributed by atoms with E-state index >= 15 is 0 Å². The molecular weight excluding hydrogens is 424 g/mol. The maximum atomic E-state index is 11.8. The first-order valence-electron chi connectivity index (χ1n) is 14.2. The second kappa shape index (κ2) is 8.17.